The van der Waals surface area contributed by atoms with Gasteiger partial charge in [0.1, 0.15) is 17.3 Å². The van der Waals surface area contributed by atoms with Crippen molar-refractivity contribution in [3.8, 4) is 11.3 Å². The zero-order valence-electron chi connectivity index (χ0n) is 15.1. The smallest absolute Gasteiger partial charge is 0.215 e. The minimum Gasteiger partial charge on any atom is -0.287 e. The molecule has 0 fully saturated rings. The molecule has 0 atom stereocenters. The third-order valence-electron chi connectivity index (χ3n) is 4.93. The Kier molecular flexibility index (Phi) is 4.21. The van der Waals surface area contributed by atoms with Crippen molar-refractivity contribution in [1.82, 2.24) is 9.78 Å². The number of thiophene rings is 1. The van der Waals surface area contributed by atoms with Crippen molar-refractivity contribution in [3.63, 3.8) is 0 Å². The monoisotopic (exact) mass is 404 g/mol. The summed E-state index contributed by atoms with van der Waals surface area (Å²) in [5.41, 5.74) is 1.80. The van der Waals surface area contributed by atoms with Crippen LogP contribution in [0.1, 0.15) is 5.56 Å². The fraction of sp³-hybridized carbons (Fsp3) is 0.0435. The molecular weight excluding hydrogens is 390 g/mol. The number of benzene rings is 3. The second-order valence-corrected chi connectivity index (χ2v) is 7.65. The van der Waals surface area contributed by atoms with Gasteiger partial charge in [-0.15, -0.1) is 11.3 Å². The Balaban J connectivity index is 1.77. The molecule has 5 rings (SSSR count). The summed E-state index contributed by atoms with van der Waals surface area (Å²) in [6, 6.07) is 18.4. The Hall–Kier alpha value is -3.38. The SMILES string of the molecule is O=c1c(-c2cccc3ccsc23)nn(Cc2ccc(F)cc2F)c2ccccc12. The summed E-state index contributed by atoms with van der Waals surface area (Å²) >= 11 is 1.55. The minimum atomic E-state index is -0.642. The van der Waals surface area contributed by atoms with E-state index >= 15 is 0 Å². The summed E-state index contributed by atoms with van der Waals surface area (Å²) in [5.74, 6) is -1.27. The summed E-state index contributed by atoms with van der Waals surface area (Å²) in [4.78, 5) is 13.2. The molecule has 0 N–H and O–H groups in total. The highest BCUT2D eigenvalue weighted by Gasteiger charge is 2.16. The molecule has 0 radical (unpaired) electrons. The van der Waals surface area contributed by atoms with Crippen LogP contribution in [0.4, 0.5) is 8.78 Å². The summed E-state index contributed by atoms with van der Waals surface area (Å²) in [5, 5.41) is 8.13. The Labute approximate surface area is 168 Å². The molecule has 5 aromatic rings. The standard InChI is InChI=1S/C23H14F2N2OS/c24-16-9-8-15(19(25)12-16)13-27-20-7-2-1-5-17(20)22(28)21(26-27)18-6-3-4-14-10-11-29-23(14)18/h1-12H,13H2. The molecule has 29 heavy (non-hydrogen) atoms. The van der Waals surface area contributed by atoms with Gasteiger partial charge in [0.15, 0.2) is 0 Å². The maximum absolute atomic E-state index is 14.3. The third-order valence-corrected chi connectivity index (χ3v) is 5.90. The summed E-state index contributed by atoms with van der Waals surface area (Å²) in [6.07, 6.45) is 0. The summed E-state index contributed by atoms with van der Waals surface area (Å²) < 4.78 is 30.1. The third kappa shape index (κ3) is 3.02. The van der Waals surface area contributed by atoms with Gasteiger partial charge in [-0.1, -0.05) is 36.4 Å². The molecule has 2 aromatic heterocycles. The first-order valence-corrected chi connectivity index (χ1v) is 9.90. The van der Waals surface area contributed by atoms with E-state index in [1.165, 1.54) is 12.1 Å². The molecule has 3 aromatic carbocycles. The van der Waals surface area contributed by atoms with Crippen LogP contribution in [-0.2, 0) is 6.54 Å². The topological polar surface area (TPSA) is 34.9 Å². The lowest BCUT2D eigenvalue weighted by molar-refractivity contribution is 0.560. The first kappa shape index (κ1) is 17.7. The molecule has 0 bridgehead atoms. The minimum absolute atomic E-state index is 0.0837. The van der Waals surface area contributed by atoms with E-state index in [1.54, 1.807) is 40.3 Å². The predicted molar refractivity (Wildman–Crippen MR) is 112 cm³/mol. The van der Waals surface area contributed by atoms with E-state index < -0.39 is 11.6 Å². The van der Waals surface area contributed by atoms with E-state index in [1.807, 2.05) is 29.6 Å². The average molecular weight is 404 g/mol. The van der Waals surface area contributed by atoms with Gasteiger partial charge >= 0.3 is 0 Å². The van der Waals surface area contributed by atoms with Crippen LogP contribution in [-0.4, -0.2) is 9.78 Å². The van der Waals surface area contributed by atoms with Crippen molar-refractivity contribution in [1.29, 1.82) is 0 Å². The quantitative estimate of drug-likeness (QED) is 0.392. The van der Waals surface area contributed by atoms with Crippen LogP contribution < -0.4 is 5.43 Å². The second-order valence-electron chi connectivity index (χ2n) is 6.73. The Bertz CT molecular complexity index is 1440. The van der Waals surface area contributed by atoms with Crippen molar-refractivity contribution in [2.45, 2.75) is 6.54 Å². The van der Waals surface area contributed by atoms with E-state index in [0.717, 1.165) is 21.7 Å². The highest BCUT2D eigenvalue weighted by atomic mass is 32.1. The number of hydrogen-bond donors (Lipinski definition) is 0. The van der Waals surface area contributed by atoms with Crippen molar-refractivity contribution >= 4 is 32.3 Å². The number of halogens is 2. The van der Waals surface area contributed by atoms with Gasteiger partial charge in [-0.25, -0.2) is 8.78 Å². The van der Waals surface area contributed by atoms with E-state index in [-0.39, 0.29) is 12.0 Å². The zero-order valence-corrected chi connectivity index (χ0v) is 15.9. The van der Waals surface area contributed by atoms with Crippen molar-refractivity contribution in [2.24, 2.45) is 0 Å². The molecule has 2 heterocycles. The van der Waals surface area contributed by atoms with Gasteiger partial charge in [0, 0.05) is 27.3 Å². The van der Waals surface area contributed by atoms with Gasteiger partial charge in [-0.2, -0.15) is 5.10 Å². The molecule has 6 heteroatoms. The summed E-state index contributed by atoms with van der Waals surface area (Å²) in [7, 11) is 0. The van der Waals surface area contributed by atoms with Gasteiger partial charge in [-0.05, 0) is 35.0 Å². The van der Waals surface area contributed by atoms with Crippen LogP contribution in [0.5, 0.6) is 0 Å². The second kappa shape index (κ2) is 6.90. The molecule has 142 valence electrons. The molecular formula is C23H14F2N2OS. The molecule has 0 spiro atoms. The lowest BCUT2D eigenvalue weighted by Gasteiger charge is -2.13. The van der Waals surface area contributed by atoms with Crippen LogP contribution in [0.3, 0.4) is 0 Å². The number of fused-ring (bicyclic) bond motifs is 2. The molecule has 0 aliphatic heterocycles. The van der Waals surface area contributed by atoms with Crippen LogP contribution in [0, 0.1) is 11.6 Å². The first-order valence-electron chi connectivity index (χ1n) is 9.02. The van der Waals surface area contributed by atoms with Crippen LogP contribution in [0.2, 0.25) is 0 Å². The van der Waals surface area contributed by atoms with Gasteiger partial charge in [0.05, 0.1) is 12.1 Å². The number of para-hydroxylation sites is 1. The molecule has 0 unspecified atom stereocenters. The van der Waals surface area contributed by atoms with E-state index in [2.05, 4.69) is 5.10 Å². The fourth-order valence-electron chi connectivity index (χ4n) is 3.53. The van der Waals surface area contributed by atoms with Gasteiger partial charge in [-0.3, -0.25) is 9.48 Å². The van der Waals surface area contributed by atoms with Gasteiger partial charge < -0.3 is 0 Å². The fourth-order valence-corrected chi connectivity index (χ4v) is 4.44. The average Bonchev–Trinajstić information content (AvgIpc) is 3.21. The van der Waals surface area contributed by atoms with E-state index in [9.17, 15) is 13.6 Å². The van der Waals surface area contributed by atoms with Crippen LogP contribution in [0.25, 0.3) is 32.2 Å². The maximum atomic E-state index is 14.3. The summed E-state index contributed by atoms with van der Waals surface area (Å²) in [6.45, 7) is 0.0837. The Morgan fingerprint density at radius 2 is 1.83 bits per heavy atom. The highest BCUT2D eigenvalue weighted by molar-refractivity contribution is 7.17. The predicted octanol–water partition coefficient (Wildman–Crippen LogP) is 5.60. The van der Waals surface area contributed by atoms with E-state index in [0.29, 0.717) is 22.2 Å². The van der Waals surface area contributed by atoms with Crippen molar-refractivity contribution < 1.29 is 8.78 Å². The van der Waals surface area contributed by atoms with Gasteiger partial charge in [0.2, 0.25) is 5.43 Å². The Morgan fingerprint density at radius 3 is 2.69 bits per heavy atom. The molecule has 0 amide bonds. The van der Waals surface area contributed by atoms with E-state index in [4.69, 9.17) is 0 Å². The number of rotatable bonds is 3. The number of aromatic nitrogens is 2. The molecule has 0 saturated heterocycles. The highest BCUT2D eigenvalue weighted by Crippen LogP contribution is 2.31. The van der Waals surface area contributed by atoms with Crippen molar-refractivity contribution in [3.05, 3.63) is 99.5 Å². The van der Waals surface area contributed by atoms with Crippen LogP contribution >= 0.6 is 11.3 Å². The number of hydrogen-bond acceptors (Lipinski definition) is 3. The molecule has 0 aliphatic rings. The lowest BCUT2D eigenvalue weighted by atomic mass is 10.1. The van der Waals surface area contributed by atoms with Crippen LogP contribution in [0.15, 0.2) is 76.9 Å². The lowest BCUT2D eigenvalue weighted by Crippen LogP contribution is -2.17. The normalized spacial score (nSPS) is 11.4. The largest absolute Gasteiger partial charge is 0.287 e. The van der Waals surface area contributed by atoms with Gasteiger partial charge in [0.25, 0.3) is 0 Å². The zero-order chi connectivity index (χ0) is 20.0. The molecule has 3 nitrogen and oxygen atoms in total. The number of nitrogens with zero attached hydrogens (tertiary/aromatic N) is 2. The Morgan fingerprint density at radius 1 is 0.966 bits per heavy atom. The first-order chi connectivity index (χ1) is 14.1. The molecule has 0 aliphatic carbocycles. The molecule has 0 saturated carbocycles. The van der Waals surface area contributed by atoms with Crippen molar-refractivity contribution in [2.75, 3.05) is 0 Å². The maximum Gasteiger partial charge on any atom is 0.215 e.